The lowest BCUT2D eigenvalue weighted by molar-refractivity contribution is -0.137. The lowest BCUT2D eigenvalue weighted by atomic mass is 9.45. The highest BCUT2D eigenvalue weighted by molar-refractivity contribution is 5.09. The van der Waals surface area contributed by atoms with Gasteiger partial charge in [0.05, 0.1) is 12.2 Å². The van der Waals surface area contributed by atoms with Gasteiger partial charge in [0.1, 0.15) is 0 Å². The van der Waals surface area contributed by atoms with Crippen LogP contribution in [0.2, 0.25) is 0 Å². The fourth-order valence-electron chi connectivity index (χ4n) is 7.57. The minimum absolute atomic E-state index is 0.0205. The van der Waals surface area contributed by atoms with Gasteiger partial charge in [-0.05, 0) is 92.3 Å². The molecule has 0 aromatic rings. The van der Waals surface area contributed by atoms with Crippen LogP contribution in [-0.2, 0) is 4.74 Å². The largest absolute Gasteiger partial charge is 0.393 e. The zero-order chi connectivity index (χ0) is 15.5. The molecule has 4 aliphatic carbocycles. The van der Waals surface area contributed by atoms with Crippen molar-refractivity contribution in [2.45, 2.75) is 83.8 Å². The molecule has 4 rings (SSSR count). The summed E-state index contributed by atoms with van der Waals surface area (Å²) in [5.74, 6) is 3.50. The molecule has 0 radical (unpaired) electrons. The standard InChI is InChI=1S/C20H34O2/c1-19-10-8-14(21)12-13(19)4-5-15-16-6-7-18(22-3)20(16,2)11-9-17(15)19/h13-18,21H,4-12H2,1-3H3/t13-,14?,15-,16-,17-,18-,19-,20-/m0/s1. The molecule has 126 valence electrons. The van der Waals surface area contributed by atoms with Crippen LogP contribution in [0, 0.1) is 34.5 Å². The predicted molar refractivity (Wildman–Crippen MR) is 88.5 cm³/mol. The zero-order valence-corrected chi connectivity index (χ0v) is 14.7. The molecule has 0 heterocycles. The van der Waals surface area contributed by atoms with E-state index in [1.807, 2.05) is 7.11 Å². The Morgan fingerprint density at radius 3 is 2.36 bits per heavy atom. The topological polar surface area (TPSA) is 29.5 Å². The third kappa shape index (κ3) is 1.99. The van der Waals surface area contributed by atoms with E-state index in [-0.39, 0.29) is 6.10 Å². The monoisotopic (exact) mass is 306 g/mol. The maximum atomic E-state index is 10.1. The van der Waals surface area contributed by atoms with Crippen LogP contribution in [0.1, 0.15) is 71.6 Å². The summed E-state index contributed by atoms with van der Waals surface area (Å²) >= 11 is 0. The second-order valence-electron chi connectivity index (χ2n) is 9.43. The highest BCUT2D eigenvalue weighted by atomic mass is 16.5. The van der Waals surface area contributed by atoms with E-state index >= 15 is 0 Å². The molecule has 0 spiro atoms. The summed E-state index contributed by atoms with van der Waals surface area (Å²) in [5.41, 5.74) is 0.946. The fourth-order valence-corrected chi connectivity index (χ4v) is 7.57. The van der Waals surface area contributed by atoms with Gasteiger partial charge in [0.25, 0.3) is 0 Å². The molecule has 0 aliphatic heterocycles. The zero-order valence-electron chi connectivity index (χ0n) is 14.7. The van der Waals surface area contributed by atoms with Gasteiger partial charge in [0.2, 0.25) is 0 Å². The first-order valence-electron chi connectivity index (χ1n) is 9.70. The van der Waals surface area contributed by atoms with Crippen molar-refractivity contribution in [1.82, 2.24) is 0 Å². The summed E-state index contributed by atoms with van der Waals surface area (Å²) in [4.78, 5) is 0. The van der Waals surface area contributed by atoms with Crippen LogP contribution in [0.3, 0.4) is 0 Å². The molecule has 0 aromatic carbocycles. The van der Waals surface area contributed by atoms with Gasteiger partial charge in [-0.25, -0.2) is 0 Å². The van der Waals surface area contributed by atoms with E-state index in [2.05, 4.69) is 13.8 Å². The van der Waals surface area contributed by atoms with Crippen molar-refractivity contribution in [3.05, 3.63) is 0 Å². The maximum Gasteiger partial charge on any atom is 0.0627 e. The van der Waals surface area contributed by atoms with Gasteiger partial charge in [-0.1, -0.05) is 13.8 Å². The number of aliphatic hydroxyl groups is 1. The Morgan fingerprint density at radius 1 is 0.864 bits per heavy atom. The average Bonchev–Trinajstić information content (AvgIpc) is 2.84. The number of methoxy groups -OCH3 is 1. The quantitative estimate of drug-likeness (QED) is 0.778. The molecular formula is C20H34O2. The lowest BCUT2D eigenvalue weighted by Gasteiger charge is -2.60. The van der Waals surface area contributed by atoms with Gasteiger partial charge in [0, 0.05) is 7.11 Å². The Labute approximate surface area is 136 Å². The fraction of sp³-hybridized carbons (Fsp3) is 1.00. The second-order valence-corrected chi connectivity index (χ2v) is 9.43. The minimum Gasteiger partial charge on any atom is -0.393 e. The molecular weight excluding hydrogens is 272 g/mol. The van der Waals surface area contributed by atoms with E-state index in [1.165, 1.54) is 44.9 Å². The number of rotatable bonds is 1. The van der Waals surface area contributed by atoms with E-state index in [0.29, 0.717) is 16.9 Å². The average molecular weight is 306 g/mol. The molecule has 8 atom stereocenters. The number of aliphatic hydroxyl groups excluding tert-OH is 1. The van der Waals surface area contributed by atoms with E-state index in [4.69, 9.17) is 4.74 Å². The van der Waals surface area contributed by atoms with Gasteiger partial charge in [0.15, 0.2) is 0 Å². The second kappa shape index (κ2) is 5.21. The SMILES string of the molecule is CO[C@H]1CC[C@H]2[C@@H]3CC[C@H]4CC(O)CC[C@]4(C)[C@H]3CC[C@]12C. The van der Waals surface area contributed by atoms with Crippen LogP contribution in [0.25, 0.3) is 0 Å². The smallest absolute Gasteiger partial charge is 0.0627 e. The summed E-state index contributed by atoms with van der Waals surface area (Å²) < 4.78 is 5.88. The normalized spacial score (nSPS) is 57.8. The minimum atomic E-state index is -0.0205. The number of ether oxygens (including phenoxy) is 1. The molecule has 22 heavy (non-hydrogen) atoms. The molecule has 1 unspecified atom stereocenters. The van der Waals surface area contributed by atoms with E-state index in [1.54, 1.807) is 0 Å². The summed E-state index contributed by atoms with van der Waals surface area (Å²) in [5, 5.41) is 10.1. The Morgan fingerprint density at radius 2 is 1.59 bits per heavy atom. The molecule has 2 nitrogen and oxygen atoms in total. The Kier molecular flexibility index (Phi) is 3.66. The Balaban J connectivity index is 1.61. The first-order valence-corrected chi connectivity index (χ1v) is 9.70. The molecule has 4 fully saturated rings. The third-order valence-electron chi connectivity index (χ3n) is 8.84. The molecule has 0 amide bonds. The van der Waals surface area contributed by atoms with Crippen molar-refractivity contribution in [2.75, 3.05) is 7.11 Å². The number of fused-ring (bicyclic) bond motifs is 5. The van der Waals surface area contributed by atoms with Gasteiger partial charge in [-0.2, -0.15) is 0 Å². The van der Waals surface area contributed by atoms with E-state index in [0.717, 1.165) is 36.5 Å². The molecule has 1 N–H and O–H groups in total. The van der Waals surface area contributed by atoms with Crippen LogP contribution in [0.15, 0.2) is 0 Å². The van der Waals surface area contributed by atoms with Crippen LogP contribution >= 0.6 is 0 Å². The van der Waals surface area contributed by atoms with Crippen molar-refractivity contribution in [3.8, 4) is 0 Å². The molecule has 0 aromatic heterocycles. The van der Waals surface area contributed by atoms with Crippen molar-refractivity contribution in [3.63, 3.8) is 0 Å². The van der Waals surface area contributed by atoms with E-state index in [9.17, 15) is 5.11 Å². The first-order chi connectivity index (χ1) is 10.5. The molecule has 4 saturated carbocycles. The highest BCUT2D eigenvalue weighted by Crippen LogP contribution is 2.66. The van der Waals surface area contributed by atoms with Gasteiger partial charge in [-0.3, -0.25) is 0 Å². The first kappa shape index (κ1) is 15.4. The van der Waals surface area contributed by atoms with Crippen molar-refractivity contribution < 1.29 is 9.84 Å². The van der Waals surface area contributed by atoms with Crippen molar-refractivity contribution >= 4 is 0 Å². The van der Waals surface area contributed by atoms with Crippen LogP contribution in [0.5, 0.6) is 0 Å². The molecule has 0 saturated heterocycles. The molecule has 0 bridgehead atoms. The molecule has 4 aliphatic rings. The highest BCUT2D eigenvalue weighted by Gasteiger charge is 2.60. The van der Waals surface area contributed by atoms with Crippen LogP contribution in [-0.4, -0.2) is 24.4 Å². The summed E-state index contributed by atoms with van der Waals surface area (Å²) in [6.45, 7) is 5.10. The Hall–Kier alpha value is -0.0800. The summed E-state index contributed by atoms with van der Waals surface area (Å²) in [6, 6.07) is 0. The van der Waals surface area contributed by atoms with Gasteiger partial charge >= 0.3 is 0 Å². The third-order valence-corrected chi connectivity index (χ3v) is 8.84. The molecule has 2 heteroatoms. The predicted octanol–water partition coefficient (Wildman–Crippen LogP) is 4.41. The number of hydrogen-bond acceptors (Lipinski definition) is 2. The summed E-state index contributed by atoms with van der Waals surface area (Å²) in [6.07, 6.45) is 12.1. The van der Waals surface area contributed by atoms with Crippen LogP contribution in [0.4, 0.5) is 0 Å². The van der Waals surface area contributed by atoms with E-state index < -0.39 is 0 Å². The van der Waals surface area contributed by atoms with Gasteiger partial charge in [-0.15, -0.1) is 0 Å². The Bertz CT molecular complexity index is 435. The lowest BCUT2D eigenvalue weighted by Crippen LogP contribution is -2.54. The van der Waals surface area contributed by atoms with Crippen molar-refractivity contribution in [2.24, 2.45) is 34.5 Å². The summed E-state index contributed by atoms with van der Waals surface area (Å²) in [7, 11) is 1.92. The maximum absolute atomic E-state index is 10.1. The van der Waals surface area contributed by atoms with Crippen LogP contribution < -0.4 is 0 Å². The number of hydrogen-bond donors (Lipinski definition) is 1. The van der Waals surface area contributed by atoms with Crippen molar-refractivity contribution in [1.29, 1.82) is 0 Å². The van der Waals surface area contributed by atoms with Gasteiger partial charge < -0.3 is 9.84 Å².